The number of rotatable bonds is 5. The number of carbonyl (C=O) groups is 3. The summed E-state index contributed by atoms with van der Waals surface area (Å²) in [7, 11) is 0. The number of nitro groups is 1. The fraction of sp³-hybridized carbons (Fsp3) is 0.211. The number of fused-ring (bicyclic) bond motifs is 1. The van der Waals surface area contributed by atoms with Crippen molar-refractivity contribution in [2.45, 2.75) is 20.5 Å². The number of hydrogen-bond donors (Lipinski definition) is 0. The standard InChI is InChI=1S/C19H16N2O6/c1-11-6-7-12(2)13(8-11)10-27-16(22)9-20-18(23)14-4-3-5-15(21(25)26)17(14)19(20)24/h3-8H,9-10H2,1-2H3. The Hall–Kier alpha value is -3.55. The van der Waals surface area contributed by atoms with E-state index in [0.717, 1.165) is 22.8 Å². The molecule has 138 valence electrons. The summed E-state index contributed by atoms with van der Waals surface area (Å²) in [5, 5.41) is 11.1. The van der Waals surface area contributed by atoms with Crippen LogP contribution >= 0.6 is 0 Å². The van der Waals surface area contributed by atoms with E-state index in [2.05, 4.69) is 0 Å². The number of benzene rings is 2. The topological polar surface area (TPSA) is 107 Å². The van der Waals surface area contributed by atoms with E-state index in [1.54, 1.807) is 0 Å². The van der Waals surface area contributed by atoms with E-state index >= 15 is 0 Å². The van der Waals surface area contributed by atoms with Gasteiger partial charge in [0.1, 0.15) is 18.7 Å². The van der Waals surface area contributed by atoms with Crippen molar-refractivity contribution in [3.05, 3.63) is 74.3 Å². The van der Waals surface area contributed by atoms with Crippen molar-refractivity contribution in [1.29, 1.82) is 0 Å². The second-order valence-electron chi connectivity index (χ2n) is 6.24. The lowest BCUT2D eigenvalue weighted by Crippen LogP contribution is -2.35. The first-order chi connectivity index (χ1) is 12.8. The first kappa shape index (κ1) is 18.2. The molecule has 3 rings (SSSR count). The number of hydrogen-bond acceptors (Lipinski definition) is 6. The Balaban J connectivity index is 1.73. The highest BCUT2D eigenvalue weighted by atomic mass is 16.6. The molecule has 1 aliphatic rings. The van der Waals surface area contributed by atoms with Crippen molar-refractivity contribution in [2.75, 3.05) is 6.54 Å². The molecule has 0 aliphatic carbocycles. The van der Waals surface area contributed by atoms with Crippen LogP contribution in [0.1, 0.15) is 37.4 Å². The summed E-state index contributed by atoms with van der Waals surface area (Å²) in [6, 6.07) is 9.52. The van der Waals surface area contributed by atoms with Gasteiger partial charge in [0.25, 0.3) is 17.5 Å². The number of nitrogens with zero attached hydrogens (tertiary/aromatic N) is 2. The molecule has 0 radical (unpaired) electrons. The van der Waals surface area contributed by atoms with Gasteiger partial charge in [0.15, 0.2) is 0 Å². The Morgan fingerprint density at radius 1 is 1.15 bits per heavy atom. The van der Waals surface area contributed by atoms with Crippen LogP contribution in [-0.2, 0) is 16.1 Å². The van der Waals surface area contributed by atoms with Gasteiger partial charge in [-0.25, -0.2) is 0 Å². The van der Waals surface area contributed by atoms with E-state index in [9.17, 15) is 24.5 Å². The van der Waals surface area contributed by atoms with Crippen LogP contribution in [0.3, 0.4) is 0 Å². The quantitative estimate of drug-likeness (QED) is 0.347. The molecule has 0 fully saturated rings. The molecule has 2 amide bonds. The van der Waals surface area contributed by atoms with Gasteiger partial charge in [-0.05, 0) is 31.0 Å². The molecule has 0 saturated carbocycles. The van der Waals surface area contributed by atoms with Crippen LogP contribution in [0.15, 0.2) is 36.4 Å². The molecule has 1 heterocycles. The van der Waals surface area contributed by atoms with Crippen molar-refractivity contribution in [1.82, 2.24) is 4.90 Å². The van der Waals surface area contributed by atoms with Crippen molar-refractivity contribution in [3.8, 4) is 0 Å². The molecule has 27 heavy (non-hydrogen) atoms. The largest absolute Gasteiger partial charge is 0.459 e. The Labute approximate surface area is 154 Å². The summed E-state index contributed by atoms with van der Waals surface area (Å²) in [5.41, 5.74) is 1.94. The number of ether oxygens (including phenoxy) is 1. The predicted octanol–water partition coefficient (Wildman–Crippen LogP) is 2.55. The maximum atomic E-state index is 12.4. The van der Waals surface area contributed by atoms with Crippen molar-refractivity contribution in [3.63, 3.8) is 0 Å². The molecule has 8 nitrogen and oxygen atoms in total. The second-order valence-corrected chi connectivity index (χ2v) is 6.24. The normalized spacial score (nSPS) is 12.9. The number of esters is 1. The smallest absolute Gasteiger partial charge is 0.326 e. The molecule has 0 bridgehead atoms. The fourth-order valence-corrected chi connectivity index (χ4v) is 2.90. The molecular weight excluding hydrogens is 352 g/mol. The molecule has 1 aliphatic heterocycles. The zero-order valence-corrected chi connectivity index (χ0v) is 14.7. The molecule has 2 aromatic carbocycles. The highest BCUT2D eigenvalue weighted by Gasteiger charge is 2.41. The van der Waals surface area contributed by atoms with Crippen LogP contribution in [0.4, 0.5) is 5.69 Å². The summed E-state index contributed by atoms with van der Waals surface area (Å²) < 4.78 is 5.18. The van der Waals surface area contributed by atoms with E-state index in [1.165, 1.54) is 12.1 Å². The van der Waals surface area contributed by atoms with Crippen molar-refractivity contribution < 1.29 is 24.0 Å². The van der Waals surface area contributed by atoms with Gasteiger partial charge in [-0.2, -0.15) is 0 Å². The summed E-state index contributed by atoms with van der Waals surface area (Å²) in [4.78, 5) is 48.0. The Kier molecular flexibility index (Phi) is 4.72. The zero-order chi connectivity index (χ0) is 19.7. The second kappa shape index (κ2) is 6.99. The van der Waals surface area contributed by atoms with Crippen molar-refractivity contribution >= 4 is 23.5 Å². The van der Waals surface area contributed by atoms with E-state index in [4.69, 9.17) is 4.74 Å². The number of amides is 2. The molecule has 0 aromatic heterocycles. The summed E-state index contributed by atoms with van der Waals surface area (Å²) in [6.07, 6.45) is 0. The van der Waals surface area contributed by atoms with Crippen molar-refractivity contribution in [2.24, 2.45) is 0 Å². The number of imide groups is 1. The molecule has 0 unspecified atom stereocenters. The Bertz CT molecular complexity index is 982. The van der Waals surface area contributed by atoms with E-state index in [1.807, 2.05) is 32.0 Å². The van der Waals surface area contributed by atoms with Crippen LogP contribution < -0.4 is 0 Å². The highest BCUT2D eigenvalue weighted by Crippen LogP contribution is 2.30. The monoisotopic (exact) mass is 368 g/mol. The minimum atomic E-state index is -0.869. The van der Waals surface area contributed by atoms with Crippen LogP contribution in [0.25, 0.3) is 0 Å². The lowest BCUT2D eigenvalue weighted by atomic mass is 10.1. The molecular formula is C19H16N2O6. The molecule has 0 N–H and O–H groups in total. The third-order valence-corrected chi connectivity index (χ3v) is 4.35. The Morgan fingerprint density at radius 3 is 2.59 bits per heavy atom. The minimum Gasteiger partial charge on any atom is -0.459 e. The maximum Gasteiger partial charge on any atom is 0.326 e. The van der Waals surface area contributed by atoms with Gasteiger partial charge in [0, 0.05) is 6.07 Å². The van der Waals surface area contributed by atoms with Gasteiger partial charge in [-0.1, -0.05) is 29.8 Å². The molecule has 0 spiro atoms. The average molecular weight is 368 g/mol. The van der Waals surface area contributed by atoms with Gasteiger partial charge in [0.2, 0.25) is 0 Å². The van der Waals surface area contributed by atoms with Gasteiger partial charge in [0.05, 0.1) is 10.5 Å². The fourth-order valence-electron chi connectivity index (χ4n) is 2.90. The predicted molar refractivity (Wildman–Crippen MR) is 94.2 cm³/mol. The van der Waals surface area contributed by atoms with Gasteiger partial charge in [-0.3, -0.25) is 29.4 Å². The van der Waals surface area contributed by atoms with E-state index in [-0.39, 0.29) is 17.7 Å². The SMILES string of the molecule is Cc1ccc(C)c(COC(=O)CN2C(=O)c3cccc([N+](=O)[O-])c3C2=O)c1. The summed E-state index contributed by atoms with van der Waals surface area (Å²) in [6.45, 7) is 3.20. The number of nitro benzene ring substituents is 1. The van der Waals surface area contributed by atoms with Crippen LogP contribution in [0.5, 0.6) is 0 Å². The van der Waals surface area contributed by atoms with Crippen LogP contribution in [0.2, 0.25) is 0 Å². The number of aryl methyl sites for hydroxylation is 2. The molecule has 0 atom stereocenters. The first-order valence-corrected chi connectivity index (χ1v) is 8.15. The first-order valence-electron chi connectivity index (χ1n) is 8.15. The molecule has 0 saturated heterocycles. The van der Waals surface area contributed by atoms with Crippen LogP contribution in [0, 0.1) is 24.0 Å². The third kappa shape index (κ3) is 3.41. The van der Waals surface area contributed by atoms with Gasteiger partial charge >= 0.3 is 5.97 Å². The zero-order valence-electron chi connectivity index (χ0n) is 14.7. The summed E-state index contributed by atoms with van der Waals surface area (Å²) >= 11 is 0. The lowest BCUT2D eigenvalue weighted by Gasteiger charge is -2.14. The van der Waals surface area contributed by atoms with Gasteiger partial charge in [-0.15, -0.1) is 0 Å². The number of carbonyl (C=O) groups excluding carboxylic acids is 3. The van der Waals surface area contributed by atoms with Crippen LogP contribution in [-0.4, -0.2) is 34.2 Å². The molecule has 8 heteroatoms. The lowest BCUT2D eigenvalue weighted by molar-refractivity contribution is -0.385. The molecule has 2 aromatic rings. The maximum absolute atomic E-state index is 12.4. The average Bonchev–Trinajstić information content (AvgIpc) is 2.87. The highest BCUT2D eigenvalue weighted by molar-refractivity contribution is 6.24. The Morgan fingerprint density at radius 2 is 1.89 bits per heavy atom. The van der Waals surface area contributed by atoms with E-state index in [0.29, 0.717) is 4.90 Å². The third-order valence-electron chi connectivity index (χ3n) is 4.35. The van der Waals surface area contributed by atoms with Gasteiger partial charge < -0.3 is 4.74 Å². The summed E-state index contributed by atoms with van der Waals surface area (Å²) in [5.74, 6) is -2.39. The van der Waals surface area contributed by atoms with E-state index < -0.39 is 34.9 Å². The minimum absolute atomic E-state index is 0.00959.